The van der Waals surface area contributed by atoms with Crippen LogP contribution in [0.4, 0.5) is 5.69 Å². The minimum absolute atomic E-state index is 0.0497. The molecule has 10 heteroatoms. The van der Waals surface area contributed by atoms with E-state index in [0.29, 0.717) is 0 Å². The summed E-state index contributed by atoms with van der Waals surface area (Å²) in [5, 5.41) is 20.8. The number of carbonyl (C=O) groups is 1. The second-order valence-corrected chi connectivity index (χ2v) is 5.55. The number of para-hydroxylation sites is 1. The number of aliphatic hydroxyl groups excluding tert-OH is 1. The van der Waals surface area contributed by atoms with Crippen molar-refractivity contribution in [1.29, 1.82) is 0 Å². The van der Waals surface area contributed by atoms with Gasteiger partial charge in [-0.3, -0.25) is 14.9 Å². The van der Waals surface area contributed by atoms with Crippen molar-refractivity contribution in [3.8, 4) is 5.75 Å². The summed E-state index contributed by atoms with van der Waals surface area (Å²) in [7, 11) is 1.11. The third-order valence-corrected chi connectivity index (χ3v) is 4.01. The monoisotopic (exact) mass is 374 g/mol. The Bertz CT molecular complexity index is 1020. The van der Waals surface area contributed by atoms with E-state index in [2.05, 4.69) is 0 Å². The van der Waals surface area contributed by atoms with Crippen LogP contribution >= 0.6 is 0 Å². The van der Waals surface area contributed by atoms with Crippen LogP contribution in [0.15, 0.2) is 51.0 Å². The Morgan fingerprint density at radius 3 is 2.74 bits per heavy atom. The second-order valence-electron chi connectivity index (χ2n) is 5.55. The van der Waals surface area contributed by atoms with Gasteiger partial charge in [-0.05, 0) is 0 Å². The molecule has 1 unspecified atom stereocenters. The first-order chi connectivity index (χ1) is 12.9. The lowest BCUT2D eigenvalue weighted by molar-refractivity contribution is -0.385. The van der Waals surface area contributed by atoms with Gasteiger partial charge in [-0.15, -0.1) is 0 Å². The normalized spacial score (nSPS) is 15.7. The van der Waals surface area contributed by atoms with Crippen molar-refractivity contribution >= 4 is 11.7 Å². The highest BCUT2D eigenvalue weighted by atomic mass is 16.6. The summed E-state index contributed by atoms with van der Waals surface area (Å²) >= 11 is 0. The number of rotatable bonds is 4. The number of hydrogen-bond acceptors (Lipinski definition) is 9. The van der Waals surface area contributed by atoms with Gasteiger partial charge < -0.3 is 24.7 Å². The zero-order valence-corrected chi connectivity index (χ0v) is 14.0. The van der Waals surface area contributed by atoms with Crippen molar-refractivity contribution in [1.82, 2.24) is 0 Å². The predicted octanol–water partition coefficient (Wildman–Crippen LogP) is 0.908. The Hall–Kier alpha value is -3.66. The number of nitrogens with zero attached hydrogens (tertiary/aromatic N) is 1. The first-order valence-electron chi connectivity index (χ1n) is 7.66. The van der Waals surface area contributed by atoms with Crippen molar-refractivity contribution in [3.63, 3.8) is 0 Å². The van der Waals surface area contributed by atoms with Crippen LogP contribution in [0.3, 0.4) is 0 Å². The molecule has 0 saturated carbocycles. The van der Waals surface area contributed by atoms with Crippen molar-refractivity contribution in [2.75, 3.05) is 7.11 Å². The predicted molar refractivity (Wildman–Crippen MR) is 89.7 cm³/mol. The minimum Gasteiger partial charge on any atom is -0.465 e. The number of ether oxygens (including phenoxy) is 2. The molecule has 0 spiro atoms. The molecule has 0 bridgehead atoms. The Morgan fingerprint density at radius 1 is 1.41 bits per heavy atom. The number of hydrogen-bond donors (Lipinski definition) is 2. The van der Waals surface area contributed by atoms with Crippen LogP contribution in [-0.4, -0.2) is 23.1 Å². The number of nitrogens with two attached hydrogens (primary N) is 1. The SMILES string of the molecule is COC(=O)C1=C(N)Oc2c(oc(CO)cc2=O)C1c1ccccc1[N+](=O)[O-]. The number of carbonyl (C=O) groups excluding carboxylic acids is 1. The maximum Gasteiger partial charge on any atom is 0.340 e. The zero-order valence-electron chi connectivity index (χ0n) is 14.0. The van der Waals surface area contributed by atoms with Crippen molar-refractivity contribution in [2.45, 2.75) is 12.5 Å². The van der Waals surface area contributed by atoms with E-state index < -0.39 is 34.7 Å². The number of nitro benzene ring substituents is 1. The van der Waals surface area contributed by atoms with E-state index in [1.54, 1.807) is 0 Å². The molecule has 3 N–H and O–H groups in total. The molecule has 1 aliphatic heterocycles. The molecule has 1 atom stereocenters. The number of methoxy groups -OCH3 is 1. The van der Waals surface area contributed by atoms with Gasteiger partial charge >= 0.3 is 5.97 Å². The lowest BCUT2D eigenvalue weighted by atomic mass is 9.85. The zero-order chi connectivity index (χ0) is 19.7. The van der Waals surface area contributed by atoms with Crippen LogP contribution in [0.5, 0.6) is 5.75 Å². The molecule has 2 heterocycles. The second kappa shape index (κ2) is 6.92. The van der Waals surface area contributed by atoms with E-state index >= 15 is 0 Å². The fraction of sp³-hybridized carbons (Fsp3) is 0.176. The van der Waals surface area contributed by atoms with Crippen molar-refractivity contribution in [2.24, 2.45) is 5.73 Å². The molecule has 0 aliphatic carbocycles. The van der Waals surface area contributed by atoms with Crippen LogP contribution in [0.1, 0.15) is 23.0 Å². The van der Waals surface area contributed by atoms with Gasteiger partial charge in [-0.25, -0.2) is 4.79 Å². The van der Waals surface area contributed by atoms with Crippen LogP contribution in [-0.2, 0) is 16.1 Å². The van der Waals surface area contributed by atoms with E-state index in [1.165, 1.54) is 24.3 Å². The first-order valence-corrected chi connectivity index (χ1v) is 7.66. The molecule has 1 aromatic heterocycles. The summed E-state index contributed by atoms with van der Waals surface area (Å²) in [4.78, 5) is 35.5. The molecule has 10 nitrogen and oxygen atoms in total. The molecule has 1 aromatic carbocycles. The third kappa shape index (κ3) is 3.02. The molecule has 2 aromatic rings. The maximum absolute atomic E-state index is 12.3. The van der Waals surface area contributed by atoms with Crippen LogP contribution in [0.2, 0.25) is 0 Å². The molecule has 0 saturated heterocycles. The lowest BCUT2D eigenvalue weighted by Crippen LogP contribution is -2.30. The molecule has 140 valence electrons. The fourth-order valence-electron chi connectivity index (χ4n) is 2.88. The molecule has 0 radical (unpaired) electrons. The highest BCUT2D eigenvalue weighted by Crippen LogP contribution is 2.44. The Balaban J connectivity index is 2.38. The Labute approximate surface area is 151 Å². The lowest BCUT2D eigenvalue weighted by Gasteiger charge is -2.26. The van der Waals surface area contributed by atoms with Crippen LogP contribution < -0.4 is 15.9 Å². The van der Waals surface area contributed by atoms with Gasteiger partial charge in [0.25, 0.3) is 5.69 Å². The topological polar surface area (TPSA) is 155 Å². The number of nitro groups is 1. The molecule has 0 amide bonds. The third-order valence-electron chi connectivity index (χ3n) is 4.01. The summed E-state index contributed by atoms with van der Waals surface area (Å²) in [6.45, 7) is -0.598. The number of aliphatic hydroxyl groups is 1. The maximum atomic E-state index is 12.3. The average Bonchev–Trinajstić information content (AvgIpc) is 2.66. The molecule has 3 rings (SSSR count). The van der Waals surface area contributed by atoms with E-state index in [9.17, 15) is 24.8 Å². The Kier molecular flexibility index (Phi) is 4.65. The molecule has 27 heavy (non-hydrogen) atoms. The quantitative estimate of drug-likeness (QED) is 0.451. The standard InChI is InChI=1S/C17H14N2O8/c1-25-17(22)13-12(9-4-2-3-5-10(9)19(23)24)15-14(27-16(13)18)11(21)6-8(7-20)26-15/h2-6,12,20H,7,18H2,1H3. The Morgan fingerprint density at radius 2 is 2.11 bits per heavy atom. The van der Waals surface area contributed by atoms with Crippen molar-refractivity contribution < 1.29 is 28.7 Å². The summed E-state index contributed by atoms with van der Waals surface area (Å²) in [5.41, 5.74) is 4.64. The largest absolute Gasteiger partial charge is 0.465 e. The number of fused-ring (bicyclic) bond motifs is 1. The van der Waals surface area contributed by atoms with Gasteiger partial charge in [0.15, 0.2) is 5.76 Å². The highest BCUT2D eigenvalue weighted by Gasteiger charge is 2.41. The summed E-state index contributed by atoms with van der Waals surface area (Å²) in [5.74, 6) is -3.17. The summed E-state index contributed by atoms with van der Waals surface area (Å²) in [6, 6.07) is 6.62. The van der Waals surface area contributed by atoms with Crippen LogP contribution in [0, 0.1) is 10.1 Å². The molecule has 0 fully saturated rings. The molecular formula is C17H14N2O8. The van der Waals surface area contributed by atoms with Crippen LogP contribution in [0.25, 0.3) is 0 Å². The summed E-state index contributed by atoms with van der Waals surface area (Å²) < 4.78 is 15.5. The molecule has 1 aliphatic rings. The van der Waals surface area contributed by atoms with Gasteiger partial charge in [0, 0.05) is 17.7 Å². The van der Waals surface area contributed by atoms with Gasteiger partial charge in [-0.2, -0.15) is 0 Å². The minimum atomic E-state index is -1.23. The first kappa shape index (κ1) is 18.1. The fourth-order valence-corrected chi connectivity index (χ4v) is 2.88. The number of benzene rings is 1. The summed E-state index contributed by atoms with van der Waals surface area (Å²) in [6.07, 6.45) is 0. The van der Waals surface area contributed by atoms with E-state index in [1.807, 2.05) is 0 Å². The number of esters is 1. The van der Waals surface area contributed by atoms with Gasteiger partial charge in [-0.1, -0.05) is 18.2 Å². The van der Waals surface area contributed by atoms with Gasteiger partial charge in [0.1, 0.15) is 17.9 Å². The van der Waals surface area contributed by atoms with Crippen molar-refractivity contribution in [3.05, 3.63) is 79.2 Å². The van der Waals surface area contributed by atoms with E-state index in [4.69, 9.17) is 19.6 Å². The molecular weight excluding hydrogens is 360 g/mol. The van der Waals surface area contributed by atoms with Gasteiger partial charge in [0.05, 0.1) is 18.0 Å². The highest BCUT2D eigenvalue weighted by molar-refractivity contribution is 5.92. The average molecular weight is 374 g/mol. The van der Waals surface area contributed by atoms with E-state index in [0.717, 1.165) is 13.2 Å². The van der Waals surface area contributed by atoms with E-state index in [-0.39, 0.29) is 34.1 Å². The smallest absolute Gasteiger partial charge is 0.340 e. The van der Waals surface area contributed by atoms with Gasteiger partial charge in [0.2, 0.25) is 17.1 Å².